The van der Waals surface area contributed by atoms with Crippen molar-refractivity contribution in [3.8, 4) is 49.1 Å². The summed E-state index contributed by atoms with van der Waals surface area (Å²) in [5, 5.41) is 58.3. The number of phenols is 1. The number of carbonyl (C=O) groups is 7. The fourth-order valence-electron chi connectivity index (χ4n) is 9.08. The highest BCUT2D eigenvalue weighted by Gasteiger charge is 2.33. The number of carboxylic acids is 1. The van der Waals surface area contributed by atoms with E-state index < -0.39 is 83.2 Å². The van der Waals surface area contributed by atoms with Gasteiger partial charge in [-0.05, 0) is 54.7 Å². The number of fused-ring (bicyclic) bond motifs is 14. The zero-order valence-corrected chi connectivity index (χ0v) is 52.2. The summed E-state index contributed by atoms with van der Waals surface area (Å²) in [7, 11) is 0. The summed E-state index contributed by atoms with van der Waals surface area (Å²) in [6, 6.07) is 15.5. The first kappa shape index (κ1) is 62.9. The lowest BCUT2D eigenvalue weighted by Gasteiger charge is -2.26. The molecule has 6 unspecified atom stereocenters. The second-order valence-electron chi connectivity index (χ2n) is 20.3. The molecule has 6 amide bonds. The van der Waals surface area contributed by atoms with Crippen molar-refractivity contribution in [3.05, 3.63) is 172 Å². The number of nitrogens with two attached hydrogens (primary N) is 1. The molecule has 7 aromatic heterocycles. The van der Waals surface area contributed by atoms with Gasteiger partial charge >= 0.3 is 5.97 Å². The van der Waals surface area contributed by atoms with Crippen LogP contribution in [-0.4, -0.2) is 97.7 Å². The minimum Gasteiger partial charge on any atom is -0.508 e. The molecule has 11 N–H and O–H groups in total. The first-order valence-corrected chi connectivity index (χ1v) is 32.4. The number of phenolic OH excluding ortho intramolecular Hbond substituents is 1. The van der Waals surface area contributed by atoms with E-state index in [1.54, 1.807) is 47.3 Å². The predicted molar refractivity (Wildman–Crippen MR) is 338 cm³/mol. The second kappa shape index (κ2) is 27.5. The first-order chi connectivity index (χ1) is 42.7. The molecule has 9 aromatic rings. The number of aliphatic carboxylic acids is 1. The van der Waals surface area contributed by atoms with Crippen LogP contribution in [0.3, 0.4) is 0 Å². The molecule has 0 spiro atoms. The quantitative estimate of drug-likeness (QED) is 0.0462. The minimum atomic E-state index is -1.50. The number of primary amides is 1. The first-order valence-electron chi connectivity index (χ1n) is 27.2. The predicted octanol–water partition coefficient (Wildman–Crippen LogP) is 7.93. The van der Waals surface area contributed by atoms with Crippen molar-refractivity contribution in [1.82, 2.24) is 66.8 Å². The van der Waals surface area contributed by atoms with Gasteiger partial charge in [-0.2, -0.15) is 0 Å². The maximum Gasteiger partial charge on any atom is 0.351 e. The Hall–Kier alpha value is -9.14. The van der Waals surface area contributed by atoms with E-state index in [9.17, 15) is 43.8 Å². The smallest absolute Gasteiger partial charge is 0.351 e. The molecule has 1 aliphatic rings. The Bertz CT molecular complexity index is 4190. The van der Waals surface area contributed by atoms with Crippen LogP contribution in [0.25, 0.3) is 43.4 Å². The fraction of sp³-hybridized carbons (Fsp3) is 0.220. The molecule has 6 atom stereocenters. The third kappa shape index (κ3) is 14.9. The zero-order valence-electron chi connectivity index (χ0n) is 47.3. The van der Waals surface area contributed by atoms with Gasteiger partial charge in [-0.15, -0.1) is 68.0 Å². The summed E-state index contributed by atoms with van der Waals surface area (Å²) in [4.78, 5) is 128. The molecule has 0 radical (unpaired) electrons. The third-order valence-electron chi connectivity index (χ3n) is 13.9. The van der Waals surface area contributed by atoms with E-state index in [1.807, 2.05) is 54.9 Å². The molecule has 0 aliphatic carbocycles. The number of carbonyl (C=O) groups excluding carboxylic acids is 6. The molecule has 456 valence electrons. The maximum atomic E-state index is 14.8. The largest absolute Gasteiger partial charge is 0.508 e. The molecule has 8 heterocycles. The molecular weight excluding hydrogens is 1260 g/mol. The van der Waals surface area contributed by atoms with Crippen LogP contribution < -0.4 is 37.6 Å². The summed E-state index contributed by atoms with van der Waals surface area (Å²) in [5.41, 5.74) is 8.29. The second-order valence-corrected chi connectivity index (χ2v) is 25.9. The van der Waals surface area contributed by atoms with Crippen LogP contribution in [-0.2, 0) is 32.0 Å². The van der Waals surface area contributed by atoms with Gasteiger partial charge in [0.25, 0.3) is 23.6 Å². The molecule has 0 fully saturated rings. The van der Waals surface area contributed by atoms with Crippen molar-refractivity contribution < 1.29 is 48.9 Å². The van der Waals surface area contributed by atoms with Gasteiger partial charge in [0.15, 0.2) is 0 Å². The average molecular weight is 1310 g/mol. The van der Waals surface area contributed by atoms with Crippen molar-refractivity contribution in [2.75, 3.05) is 0 Å². The SMILES string of the molecule is C=C(NC(=O)C(=C)NC(=O)c1csc(-c2ccc3c(n2)-c2csc(n2)-c2csc(n2)C(C(C)CC)NC(=O)C(Cc2ccc(O)cc2)NC(=O)c2csc(n2)C(Cc2ccccc2)NC(=O)c2nc(sc2C)C(CC(N)=O)NC(O)c2csc-3n2)n1)C(=O)O. The van der Waals surface area contributed by atoms with Crippen molar-refractivity contribution in [2.24, 2.45) is 11.7 Å². The molecule has 0 saturated heterocycles. The van der Waals surface area contributed by atoms with Gasteiger partial charge in [0, 0.05) is 50.2 Å². The Morgan fingerprint density at radius 2 is 1.31 bits per heavy atom. The summed E-state index contributed by atoms with van der Waals surface area (Å²) >= 11 is 7.13. The lowest BCUT2D eigenvalue weighted by atomic mass is 9.98. The number of aromatic hydroxyl groups is 1. The Morgan fingerprint density at radius 3 is 2.06 bits per heavy atom. The van der Waals surface area contributed by atoms with Gasteiger partial charge in [-0.3, -0.25) is 34.1 Å². The maximum absolute atomic E-state index is 14.8. The number of pyridine rings is 1. The number of thiazole rings is 6. The van der Waals surface area contributed by atoms with Crippen LogP contribution in [0.1, 0.15) is 119 Å². The standard InChI is InChI=1S/C59H54N14O10S6/c1-6-26(2)44-58-71-42(25-88-58)56-67-38(21-85-56)46-33(16-17-34(63-46)54-69-39(23-86-54)49(78)61-27(3)47(76)62-28(4)59(82)83)53-68-40(22-84-53)51(80)65-37(20-43(60)75)57-73-45(29(5)89-57)52(81)66-36(19-30-10-8-7-9-11-30)55-70-41(24-87-55)50(79)64-35(48(77)72-44)18-31-12-14-32(74)15-13-31/h7-17,21-26,35-37,44,51,65,74,80H,3-4,6,18-20H2,1-2,5H3,(H2,60,75)(H,61,78)(H,62,76)(H,64,79)(H,66,81)(H,72,77)(H,82,83). The Morgan fingerprint density at radius 1 is 0.652 bits per heavy atom. The van der Waals surface area contributed by atoms with Crippen LogP contribution in [0.2, 0.25) is 0 Å². The van der Waals surface area contributed by atoms with E-state index in [4.69, 9.17) is 40.7 Å². The highest BCUT2D eigenvalue weighted by atomic mass is 32.1. The lowest BCUT2D eigenvalue weighted by molar-refractivity contribution is -0.134. The van der Waals surface area contributed by atoms with E-state index in [0.717, 1.165) is 39.6 Å². The third-order valence-corrected chi connectivity index (χ3v) is 19.5. The van der Waals surface area contributed by atoms with E-state index in [0.29, 0.717) is 65.2 Å². The number of nitrogens with zero attached hydrogens (tertiary/aromatic N) is 7. The molecule has 10 bridgehead atoms. The van der Waals surface area contributed by atoms with Gasteiger partial charge in [-0.1, -0.05) is 75.9 Å². The van der Waals surface area contributed by atoms with Crippen LogP contribution >= 0.6 is 68.0 Å². The van der Waals surface area contributed by atoms with Gasteiger partial charge in [0.1, 0.15) is 87.9 Å². The van der Waals surface area contributed by atoms with Crippen LogP contribution in [0.5, 0.6) is 5.75 Å². The number of aliphatic hydroxyl groups excluding tert-OH is 1. The van der Waals surface area contributed by atoms with Crippen LogP contribution in [0.4, 0.5) is 0 Å². The topological polar surface area (TPSA) is 369 Å². The number of carboxylic acid groups (broad SMARTS) is 1. The number of rotatable bonds is 14. The van der Waals surface area contributed by atoms with Crippen molar-refractivity contribution in [2.45, 2.75) is 76.8 Å². The number of nitrogens with one attached hydrogen (secondary N) is 6. The summed E-state index contributed by atoms with van der Waals surface area (Å²) in [6.07, 6.45) is -0.891. The van der Waals surface area contributed by atoms with Crippen LogP contribution in [0, 0.1) is 12.8 Å². The lowest BCUT2D eigenvalue weighted by Crippen LogP contribution is -2.49. The van der Waals surface area contributed by atoms with Gasteiger partial charge in [0.05, 0.1) is 35.2 Å². The summed E-state index contributed by atoms with van der Waals surface area (Å²) in [6.45, 7) is 12.5. The van der Waals surface area contributed by atoms with Gasteiger partial charge < -0.3 is 47.6 Å². The fourth-order valence-corrected chi connectivity index (χ4v) is 14.4. The van der Waals surface area contributed by atoms with Crippen molar-refractivity contribution in [1.29, 1.82) is 0 Å². The summed E-state index contributed by atoms with van der Waals surface area (Å²) < 4.78 is 0. The van der Waals surface area contributed by atoms with E-state index in [1.165, 1.54) is 51.5 Å². The molecule has 2 aromatic carbocycles. The highest BCUT2D eigenvalue weighted by molar-refractivity contribution is 7.15. The number of aromatic nitrogens is 7. The molecule has 10 rings (SSSR count). The summed E-state index contributed by atoms with van der Waals surface area (Å²) in [5.74, 6) is -5.87. The molecule has 89 heavy (non-hydrogen) atoms. The molecule has 0 saturated carbocycles. The van der Waals surface area contributed by atoms with Gasteiger partial charge in [0.2, 0.25) is 11.8 Å². The average Bonchev–Trinajstić information content (AvgIpc) is 1.76. The highest BCUT2D eigenvalue weighted by Crippen LogP contribution is 2.40. The minimum absolute atomic E-state index is 0.00121. The Kier molecular flexibility index (Phi) is 19.4. The monoisotopic (exact) mass is 1310 g/mol. The molecular formula is C59H54N14O10S6. The zero-order chi connectivity index (χ0) is 63.2. The van der Waals surface area contributed by atoms with E-state index >= 15 is 0 Å². The van der Waals surface area contributed by atoms with Crippen LogP contribution in [0.15, 0.2) is 118 Å². The number of benzene rings is 2. The van der Waals surface area contributed by atoms with Crippen molar-refractivity contribution in [3.63, 3.8) is 0 Å². The number of hydrogen-bond donors (Lipinski definition) is 10. The molecule has 24 nitrogen and oxygen atoms in total. The number of amides is 6. The van der Waals surface area contributed by atoms with E-state index in [-0.39, 0.29) is 63.7 Å². The van der Waals surface area contributed by atoms with E-state index in [2.05, 4.69) is 44.7 Å². The Labute approximate surface area is 531 Å². The van der Waals surface area contributed by atoms with Crippen molar-refractivity contribution >= 4 is 109 Å². The normalized spacial score (nSPS) is 17.5. The molecule has 30 heteroatoms. The Balaban J connectivity index is 1.04. The van der Waals surface area contributed by atoms with Gasteiger partial charge in [-0.25, -0.2) is 39.7 Å². The number of aliphatic hydroxyl groups is 1. The number of hydrogen-bond acceptors (Lipinski definition) is 23. The number of aryl methyl sites for hydroxylation is 1. The molecule has 1 aliphatic heterocycles.